The first-order chi connectivity index (χ1) is 11.0. The molecule has 0 aromatic carbocycles. The molecule has 0 saturated carbocycles. The zero-order chi connectivity index (χ0) is 16.4. The van der Waals surface area contributed by atoms with Crippen molar-refractivity contribution in [3.63, 3.8) is 0 Å². The molecule has 0 radical (unpaired) electrons. The van der Waals surface area contributed by atoms with E-state index in [1.165, 1.54) is 0 Å². The monoisotopic (exact) mass is 318 g/mol. The number of anilines is 1. The van der Waals surface area contributed by atoms with Gasteiger partial charge in [0, 0.05) is 25.8 Å². The van der Waals surface area contributed by atoms with E-state index in [0.29, 0.717) is 0 Å². The van der Waals surface area contributed by atoms with Crippen molar-refractivity contribution in [1.29, 1.82) is 0 Å². The van der Waals surface area contributed by atoms with Gasteiger partial charge in [0.25, 0.3) is 0 Å². The number of aryl methyl sites for hydroxylation is 1. The van der Waals surface area contributed by atoms with Crippen LogP contribution in [0, 0.1) is 12.3 Å². The lowest BCUT2D eigenvalue weighted by atomic mass is 9.76. The van der Waals surface area contributed by atoms with Crippen molar-refractivity contribution in [2.75, 3.05) is 31.1 Å². The van der Waals surface area contributed by atoms with Gasteiger partial charge in [-0.2, -0.15) is 0 Å². The third-order valence-corrected chi connectivity index (χ3v) is 5.31. The molecule has 2 fully saturated rings. The molecule has 3 heterocycles. The van der Waals surface area contributed by atoms with Crippen molar-refractivity contribution in [1.82, 2.24) is 14.9 Å². The van der Waals surface area contributed by atoms with E-state index >= 15 is 0 Å². The third kappa shape index (κ3) is 3.32. The predicted molar refractivity (Wildman–Crippen MR) is 88.6 cm³/mol. The fraction of sp³-hybridized carbons (Fsp3) is 0.706. The zero-order valence-corrected chi connectivity index (χ0v) is 14.0. The molecule has 0 bridgehead atoms. The summed E-state index contributed by atoms with van der Waals surface area (Å²) in [4.78, 5) is 24.7. The maximum Gasteiger partial charge on any atom is 0.320 e. The Hall–Kier alpha value is -1.69. The maximum absolute atomic E-state index is 11.6. The van der Waals surface area contributed by atoms with E-state index < -0.39 is 5.97 Å². The summed E-state index contributed by atoms with van der Waals surface area (Å²) in [5.74, 6) is 1.12. The molecule has 6 nitrogen and oxygen atoms in total. The molecule has 3 rings (SSSR count). The Bertz CT molecular complexity index is 569. The highest BCUT2D eigenvalue weighted by Gasteiger charge is 2.47. The molecule has 23 heavy (non-hydrogen) atoms. The molecule has 1 N–H and O–H groups in total. The number of hydrogen-bond acceptors (Lipinski definition) is 5. The van der Waals surface area contributed by atoms with Crippen LogP contribution >= 0.6 is 0 Å². The first kappa shape index (κ1) is 16.2. The highest BCUT2D eigenvalue weighted by atomic mass is 16.4. The number of aromatic nitrogens is 2. The Morgan fingerprint density at radius 1 is 1.43 bits per heavy atom. The van der Waals surface area contributed by atoms with Gasteiger partial charge in [-0.3, -0.25) is 9.69 Å². The average molecular weight is 318 g/mol. The fourth-order valence-electron chi connectivity index (χ4n) is 4.10. The summed E-state index contributed by atoms with van der Waals surface area (Å²) in [5.41, 5.74) is 0.163. The van der Waals surface area contributed by atoms with E-state index in [1.54, 1.807) is 6.20 Å². The molecule has 2 aliphatic rings. The highest BCUT2D eigenvalue weighted by Crippen LogP contribution is 2.44. The van der Waals surface area contributed by atoms with Crippen molar-refractivity contribution < 1.29 is 9.90 Å². The molecular formula is C17H26N4O2. The molecule has 1 atom stereocenters. The van der Waals surface area contributed by atoms with Crippen LogP contribution in [0.15, 0.2) is 12.3 Å². The molecule has 2 aliphatic heterocycles. The molecule has 6 heteroatoms. The van der Waals surface area contributed by atoms with Crippen LogP contribution in [-0.2, 0) is 4.79 Å². The Labute approximate surface area is 137 Å². The number of likely N-dealkylation sites (tertiary alicyclic amines) is 1. The van der Waals surface area contributed by atoms with Gasteiger partial charge in [0.2, 0.25) is 0 Å². The standard InChI is InChI=1S/C17H26N4O2/c1-3-8-21-12-17(11-14(21)16(22)23)5-9-20(10-6-17)15-4-7-18-13(2)19-15/h4,7,14H,3,5-6,8-12H2,1-2H3,(H,22,23). The van der Waals surface area contributed by atoms with Crippen LogP contribution in [0.5, 0.6) is 0 Å². The van der Waals surface area contributed by atoms with Gasteiger partial charge in [-0.05, 0) is 50.6 Å². The van der Waals surface area contributed by atoms with Gasteiger partial charge in [-0.25, -0.2) is 9.97 Å². The average Bonchev–Trinajstić information content (AvgIpc) is 2.87. The van der Waals surface area contributed by atoms with E-state index in [1.807, 2.05) is 13.0 Å². The van der Waals surface area contributed by atoms with Gasteiger partial charge in [-0.15, -0.1) is 0 Å². The largest absolute Gasteiger partial charge is 0.480 e. The number of piperidine rings is 1. The summed E-state index contributed by atoms with van der Waals surface area (Å²) in [6.45, 7) is 7.73. The number of carboxylic acids is 1. The third-order valence-electron chi connectivity index (χ3n) is 5.31. The lowest BCUT2D eigenvalue weighted by Gasteiger charge is -2.40. The second-order valence-electron chi connectivity index (χ2n) is 6.98. The Kier molecular flexibility index (Phi) is 4.53. The number of carbonyl (C=O) groups is 1. The predicted octanol–water partition coefficient (Wildman–Crippen LogP) is 1.94. The minimum atomic E-state index is -0.663. The molecule has 1 unspecified atom stereocenters. The number of nitrogens with zero attached hydrogens (tertiary/aromatic N) is 4. The molecule has 0 amide bonds. The van der Waals surface area contributed by atoms with Gasteiger partial charge in [0.1, 0.15) is 17.7 Å². The summed E-state index contributed by atoms with van der Waals surface area (Å²) >= 11 is 0. The van der Waals surface area contributed by atoms with Crippen molar-refractivity contribution in [3.8, 4) is 0 Å². The van der Waals surface area contributed by atoms with Crippen LogP contribution in [0.3, 0.4) is 0 Å². The number of aliphatic carboxylic acids is 1. The molecule has 0 aliphatic carbocycles. The van der Waals surface area contributed by atoms with Gasteiger partial charge < -0.3 is 10.0 Å². The Balaban J connectivity index is 1.67. The topological polar surface area (TPSA) is 69.6 Å². The van der Waals surface area contributed by atoms with Crippen molar-refractivity contribution >= 4 is 11.8 Å². The normalized spacial score (nSPS) is 24.3. The fourth-order valence-corrected chi connectivity index (χ4v) is 4.10. The summed E-state index contributed by atoms with van der Waals surface area (Å²) in [6.07, 6.45) is 5.69. The van der Waals surface area contributed by atoms with Crippen molar-refractivity contribution in [2.45, 2.75) is 45.6 Å². The van der Waals surface area contributed by atoms with Crippen LogP contribution < -0.4 is 4.90 Å². The summed E-state index contributed by atoms with van der Waals surface area (Å²) in [6, 6.07) is 1.66. The second-order valence-corrected chi connectivity index (χ2v) is 6.98. The summed E-state index contributed by atoms with van der Waals surface area (Å²) < 4.78 is 0. The molecule has 126 valence electrons. The lowest BCUT2D eigenvalue weighted by Crippen LogP contribution is -2.42. The quantitative estimate of drug-likeness (QED) is 0.915. The summed E-state index contributed by atoms with van der Waals surface area (Å²) in [7, 11) is 0. The molecular weight excluding hydrogens is 292 g/mol. The number of rotatable bonds is 4. The maximum atomic E-state index is 11.6. The van der Waals surface area contributed by atoms with E-state index in [2.05, 4.69) is 26.7 Å². The van der Waals surface area contributed by atoms with E-state index in [-0.39, 0.29) is 11.5 Å². The Morgan fingerprint density at radius 3 is 2.78 bits per heavy atom. The number of hydrogen-bond donors (Lipinski definition) is 1. The highest BCUT2D eigenvalue weighted by molar-refractivity contribution is 5.74. The van der Waals surface area contributed by atoms with Crippen LogP contribution in [-0.4, -0.2) is 58.2 Å². The SMILES string of the molecule is CCCN1CC2(CCN(c3ccnc(C)n3)CC2)CC1C(=O)O. The smallest absolute Gasteiger partial charge is 0.320 e. The van der Waals surface area contributed by atoms with Crippen LogP contribution in [0.4, 0.5) is 5.82 Å². The van der Waals surface area contributed by atoms with Gasteiger partial charge in [0.05, 0.1) is 0 Å². The van der Waals surface area contributed by atoms with Crippen molar-refractivity contribution in [3.05, 3.63) is 18.1 Å². The van der Waals surface area contributed by atoms with Crippen molar-refractivity contribution in [2.24, 2.45) is 5.41 Å². The molecule has 1 aromatic heterocycles. The molecule has 1 spiro atoms. The van der Waals surface area contributed by atoms with Crippen LogP contribution in [0.1, 0.15) is 38.4 Å². The van der Waals surface area contributed by atoms with Gasteiger partial charge >= 0.3 is 5.97 Å². The van der Waals surface area contributed by atoms with E-state index in [9.17, 15) is 9.90 Å². The second kappa shape index (κ2) is 6.43. The Morgan fingerprint density at radius 2 is 2.17 bits per heavy atom. The first-order valence-corrected chi connectivity index (χ1v) is 8.54. The zero-order valence-electron chi connectivity index (χ0n) is 14.0. The van der Waals surface area contributed by atoms with Crippen LogP contribution in [0.2, 0.25) is 0 Å². The van der Waals surface area contributed by atoms with Gasteiger partial charge in [0.15, 0.2) is 0 Å². The lowest BCUT2D eigenvalue weighted by molar-refractivity contribution is -0.142. The van der Waals surface area contributed by atoms with E-state index in [0.717, 1.165) is 63.5 Å². The first-order valence-electron chi connectivity index (χ1n) is 8.54. The van der Waals surface area contributed by atoms with Crippen LogP contribution in [0.25, 0.3) is 0 Å². The number of carboxylic acid groups (broad SMARTS) is 1. The summed E-state index contributed by atoms with van der Waals surface area (Å²) in [5, 5.41) is 9.52. The molecule has 1 aromatic rings. The minimum absolute atomic E-state index is 0.163. The minimum Gasteiger partial charge on any atom is -0.480 e. The van der Waals surface area contributed by atoms with Gasteiger partial charge in [-0.1, -0.05) is 6.92 Å². The van der Waals surface area contributed by atoms with E-state index in [4.69, 9.17) is 0 Å². The molecule has 2 saturated heterocycles.